The molecule has 0 saturated carbocycles. The van der Waals surface area contributed by atoms with Gasteiger partial charge in [-0.2, -0.15) is 0 Å². The number of rotatable bonds is 2. The summed E-state index contributed by atoms with van der Waals surface area (Å²) in [7, 11) is 0. The number of nitrogens with zero attached hydrogens (tertiary/aromatic N) is 1. The van der Waals surface area contributed by atoms with Gasteiger partial charge in [0, 0.05) is 21.2 Å². The van der Waals surface area contributed by atoms with Crippen molar-refractivity contribution in [1.82, 2.24) is 0 Å². The van der Waals surface area contributed by atoms with Crippen LogP contribution in [-0.2, 0) is 9.53 Å². The molecule has 0 fully saturated rings. The fourth-order valence-corrected chi connectivity index (χ4v) is 2.60. The van der Waals surface area contributed by atoms with Crippen LogP contribution in [0.1, 0.15) is 16.7 Å². The van der Waals surface area contributed by atoms with Crippen molar-refractivity contribution in [2.75, 3.05) is 0 Å². The maximum atomic E-state index is 12.0. The molecule has 0 aromatic heterocycles. The Morgan fingerprint density at radius 3 is 2.45 bits per heavy atom. The minimum absolute atomic E-state index is 0.173. The van der Waals surface area contributed by atoms with Crippen LogP contribution in [0.2, 0.25) is 10.0 Å². The lowest BCUT2D eigenvalue weighted by Crippen LogP contribution is -2.05. The Bertz CT molecular complexity index is 805. The quantitative estimate of drug-likeness (QED) is 0.593. The lowest BCUT2D eigenvalue weighted by atomic mass is 10.1. The van der Waals surface area contributed by atoms with E-state index in [2.05, 4.69) is 4.99 Å². The fourth-order valence-electron chi connectivity index (χ4n) is 2.10. The second-order valence-corrected chi connectivity index (χ2v) is 5.66. The summed E-state index contributed by atoms with van der Waals surface area (Å²) >= 11 is 12.2. The molecule has 1 heterocycles. The molecule has 0 N–H and O–H groups in total. The monoisotopic (exact) mass is 331 g/mol. The SMILES string of the molecule is Cc1cccc(C2=N/C(=C\c3c(Cl)cccc3Cl)C(=O)O2)c1. The smallest absolute Gasteiger partial charge is 0.363 e. The van der Waals surface area contributed by atoms with Crippen molar-refractivity contribution in [1.29, 1.82) is 0 Å². The van der Waals surface area contributed by atoms with E-state index in [4.69, 9.17) is 27.9 Å². The van der Waals surface area contributed by atoms with Crippen molar-refractivity contribution in [2.45, 2.75) is 6.92 Å². The van der Waals surface area contributed by atoms with Crippen LogP contribution in [0.3, 0.4) is 0 Å². The van der Waals surface area contributed by atoms with Gasteiger partial charge in [0.1, 0.15) is 0 Å². The van der Waals surface area contributed by atoms with Crippen LogP contribution in [0.25, 0.3) is 6.08 Å². The van der Waals surface area contributed by atoms with Gasteiger partial charge in [-0.15, -0.1) is 0 Å². The van der Waals surface area contributed by atoms with Crippen molar-refractivity contribution in [2.24, 2.45) is 4.99 Å². The Hall–Kier alpha value is -2.10. The summed E-state index contributed by atoms with van der Waals surface area (Å²) in [4.78, 5) is 16.2. The first-order valence-electron chi connectivity index (χ1n) is 6.58. The lowest BCUT2D eigenvalue weighted by Gasteiger charge is -2.00. The van der Waals surface area contributed by atoms with E-state index in [0.717, 1.165) is 11.1 Å². The summed E-state index contributed by atoms with van der Waals surface area (Å²) < 4.78 is 5.22. The molecule has 1 aliphatic rings. The zero-order valence-electron chi connectivity index (χ0n) is 11.6. The molecule has 0 spiro atoms. The average Bonchev–Trinajstić information content (AvgIpc) is 2.84. The van der Waals surface area contributed by atoms with E-state index in [1.165, 1.54) is 6.08 Å². The van der Waals surface area contributed by atoms with E-state index in [1.54, 1.807) is 18.2 Å². The van der Waals surface area contributed by atoms with Crippen LogP contribution in [0, 0.1) is 6.92 Å². The topological polar surface area (TPSA) is 38.7 Å². The molecule has 2 aromatic carbocycles. The summed E-state index contributed by atoms with van der Waals surface area (Å²) in [5, 5.41) is 0.902. The third kappa shape index (κ3) is 2.91. The normalized spacial score (nSPS) is 15.9. The Balaban J connectivity index is 2.02. The van der Waals surface area contributed by atoms with E-state index >= 15 is 0 Å². The second kappa shape index (κ2) is 5.95. The predicted molar refractivity (Wildman–Crippen MR) is 88.2 cm³/mol. The number of hydrogen-bond donors (Lipinski definition) is 0. The van der Waals surface area contributed by atoms with Crippen molar-refractivity contribution in [3.8, 4) is 0 Å². The molecule has 0 amide bonds. The summed E-state index contributed by atoms with van der Waals surface area (Å²) in [5.74, 6) is -0.240. The number of esters is 1. The molecule has 1 aliphatic heterocycles. The molecular formula is C17H11Cl2NO2. The summed E-state index contributed by atoms with van der Waals surface area (Å²) in [6.45, 7) is 1.96. The van der Waals surface area contributed by atoms with Gasteiger partial charge in [0.05, 0.1) is 0 Å². The van der Waals surface area contributed by atoms with Crippen LogP contribution in [-0.4, -0.2) is 11.9 Å². The lowest BCUT2D eigenvalue weighted by molar-refractivity contribution is -0.129. The van der Waals surface area contributed by atoms with Gasteiger partial charge in [0.25, 0.3) is 0 Å². The number of carbonyl (C=O) groups is 1. The van der Waals surface area contributed by atoms with Crippen molar-refractivity contribution in [3.63, 3.8) is 0 Å². The molecule has 0 unspecified atom stereocenters. The fraction of sp³-hybridized carbons (Fsp3) is 0.0588. The van der Waals surface area contributed by atoms with Crippen molar-refractivity contribution >= 4 is 41.1 Å². The highest BCUT2D eigenvalue weighted by Crippen LogP contribution is 2.28. The minimum atomic E-state index is -0.521. The van der Waals surface area contributed by atoms with Crippen LogP contribution >= 0.6 is 23.2 Å². The minimum Gasteiger partial charge on any atom is -0.402 e. The molecule has 0 radical (unpaired) electrons. The number of aryl methyl sites for hydroxylation is 1. The maximum Gasteiger partial charge on any atom is 0.363 e. The van der Waals surface area contributed by atoms with Crippen molar-refractivity contribution < 1.29 is 9.53 Å². The zero-order valence-corrected chi connectivity index (χ0v) is 13.2. The summed E-state index contributed by atoms with van der Waals surface area (Å²) in [5.41, 5.74) is 2.53. The highest BCUT2D eigenvalue weighted by atomic mass is 35.5. The number of halogens is 2. The number of cyclic esters (lactones) is 1. The number of aliphatic imine (C=N–C) groups is 1. The highest BCUT2D eigenvalue weighted by molar-refractivity contribution is 6.37. The van der Waals surface area contributed by atoms with Gasteiger partial charge in [0.2, 0.25) is 5.90 Å². The van der Waals surface area contributed by atoms with E-state index < -0.39 is 5.97 Å². The standard InChI is InChI=1S/C17H11Cl2NO2/c1-10-4-2-5-11(8-10)16-20-15(17(21)22-16)9-12-13(18)6-3-7-14(12)19/h2-9H,1H3/b15-9-. The van der Waals surface area contributed by atoms with Gasteiger partial charge in [-0.25, -0.2) is 9.79 Å². The van der Waals surface area contributed by atoms with Crippen molar-refractivity contribution in [3.05, 3.63) is 74.9 Å². The maximum absolute atomic E-state index is 12.0. The Labute approximate surface area is 137 Å². The summed E-state index contributed by atoms with van der Waals surface area (Å²) in [6, 6.07) is 12.7. The third-order valence-electron chi connectivity index (χ3n) is 3.17. The van der Waals surface area contributed by atoms with Crippen LogP contribution in [0.4, 0.5) is 0 Å². The van der Waals surface area contributed by atoms with E-state index in [0.29, 0.717) is 15.6 Å². The Kier molecular flexibility index (Phi) is 4.01. The number of benzene rings is 2. The first-order chi connectivity index (χ1) is 10.5. The molecule has 22 heavy (non-hydrogen) atoms. The first kappa shape index (κ1) is 14.8. The molecule has 3 rings (SSSR count). The number of ether oxygens (including phenoxy) is 1. The molecule has 5 heteroatoms. The van der Waals surface area contributed by atoms with E-state index in [9.17, 15) is 4.79 Å². The van der Waals surface area contributed by atoms with Gasteiger partial charge in [-0.3, -0.25) is 0 Å². The average molecular weight is 332 g/mol. The Morgan fingerprint density at radius 1 is 1.09 bits per heavy atom. The molecule has 110 valence electrons. The van der Waals surface area contributed by atoms with Gasteiger partial charge >= 0.3 is 5.97 Å². The molecule has 0 aliphatic carbocycles. The largest absolute Gasteiger partial charge is 0.402 e. The predicted octanol–water partition coefficient (Wildman–Crippen LogP) is 4.65. The molecular weight excluding hydrogens is 321 g/mol. The number of carbonyl (C=O) groups excluding carboxylic acids is 1. The zero-order chi connectivity index (χ0) is 15.7. The van der Waals surface area contributed by atoms with Crippen LogP contribution < -0.4 is 0 Å². The number of hydrogen-bond acceptors (Lipinski definition) is 3. The third-order valence-corrected chi connectivity index (χ3v) is 3.83. The van der Waals surface area contributed by atoms with E-state index in [1.807, 2.05) is 31.2 Å². The Morgan fingerprint density at radius 2 is 1.77 bits per heavy atom. The van der Waals surface area contributed by atoms with Gasteiger partial charge in [-0.05, 0) is 37.3 Å². The molecule has 3 nitrogen and oxygen atoms in total. The molecule has 0 atom stereocenters. The van der Waals surface area contributed by atoms with Gasteiger partial charge < -0.3 is 4.74 Å². The molecule has 2 aromatic rings. The van der Waals surface area contributed by atoms with Crippen LogP contribution in [0.15, 0.2) is 53.2 Å². The van der Waals surface area contributed by atoms with E-state index in [-0.39, 0.29) is 11.6 Å². The first-order valence-corrected chi connectivity index (χ1v) is 7.34. The summed E-state index contributed by atoms with van der Waals surface area (Å²) in [6.07, 6.45) is 1.54. The van der Waals surface area contributed by atoms with Gasteiger partial charge in [0.15, 0.2) is 5.70 Å². The second-order valence-electron chi connectivity index (χ2n) is 4.84. The highest BCUT2D eigenvalue weighted by Gasteiger charge is 2.24. The molecule has 0 saturated heterocycles. The van der Waals surface area contributed by atoms with Gasteiger partial charge in [-0.1, -0.05) is 47.0 Å². The molecule has 0 bridgehead atoms. The van der Waals surface area contributed by atoms with Crippen LogP contribution in [0.5, 0.6) is 0 Å².